The second-order valence-corrected chi connectivity index (χ2v) is 10.6. The minimum atomic E-state index is -0.556. The summed E-state index contributed by atoms with van der Waals surface area (Å²) >= 11 is 0. The van der Waals surface area contributed by atoms with E-state index in [1.54, 1.807) is 20.4 Å². The maximum Gasteiger partial charge on any atom is 0.410 e. The highest BCUT2D eigenvalue weighted by molar-refractivity contribution is 6.05. The monoisotopic (exact) mass is 507 g/mol. The first-order chi connectivity index (χ1) is 17.7. The lowest BCUT2D eigenvalue weighted by molar-refractivity contribution is 0.0203. The number of benzene rings is 1. The third-order valence-electron chi connectivity index (χ3n) is 6.77. The van der Waals surface area contributed by atoms with Crippen molar-refractivity contribution >= 4 is 17.6 Å². The van der Waals surface area contributed by atoms with Crippen LogP contribution in [-0.2, 0) is 9.47 Å². The Balaban J connectivity index is 1.52. The van der Waals surface area contributed by atoms with Crippen LogP contribution in [0, 0.1) is 0 Å². The quantitative estimate of drug-likeness (QED) is 0.583. The number of amides is 2. The minimum Gasteiger partial charge on any atom is -0.444 e. The zero-order valence-corrected chi connectivity index (χ0v) is 21.5. The predicted molar refractivity (Wildman–Crippen MR) is 138 cm³/mol. The van der Waals surface area contributed by atoms with Crippen LogP contribution in [0.25, 0.3) is 16.9 Å². The van der Waals surface area contributed by atoms with Gasteiger partial charge in [0.2, 0.25) is 0 Å². The van der Waals surface area contributed by atoms with Gasteiger partial charge in [0.05, 0.1) is 18.9 Å². The van der Waals surface area contributed by atoms with Crippen LogP contribution < -0.4 is 5.56 Å². The summed E-state index contributed by atoms with van der Waals surface area (Å²) in [6.07, 6.45) is 0.988. The van der Waals surface area contributed by atoms with Crippen LogP contribution in [0.3, 0.4) is 0 Å². The highest BCUT2D eigenvalue weighted by atomic mass is 16.6. The van der Waals surface area contributed by atoms with Gasteiger partial charge in [0, 0.05) is 43.7 Å². The molecule has 0 aliphatic carbocycles. The summed E-state index contributed by atoms with van der Waals surface area (Å²) < 4.78 is 12.7. The number of nitrogens with zero attached hydrogens (tertiary/aromatic N) is 4. The molecule has 2 saturated heterocycles. The van der Waals surface area contributed by atoms with Crippen molar-refractivity contribution in [3.63, 3.8) is 0 Å². The van der Waals surface area contributed by atoms with Crippen molar-refractivity contribution in [1.82, 2.24) is 24.4 Å². The summed E-state index contributed by atoms with van der Waals surface area (Å²) in [7, 11) is 0. The molecule has 0 atom stereocenters. The minimum absolute atomic E-state index is 0.00153. The largest absolute Gasteiger partial charge is 0.444 e. The molecule has 2 amide bonds. The van der Waals surface area contributed by atoms with E-state index < -0.39 is 5.60 Å². The molecule has 5 rings (SSSR count). The predicted octanol–water partition coefficient (Wildman–Crippen LogP) is 3.28. The molecule has 1 aromatic carbocycles. The topological polar surface area (TPSA) is 109 Å². The SMILES string of the molecule is CC(C)(C)OC(=O)N1CCC(c2cc(=O)[nH]c3c(C(=O)N4CCOCC4)c(-c4ccccc4)nn23)CC1. The van der Waals surface area contributed by atoms with Crippen molar-refractivity contribution in [2.75, 3.05) is 39.4 Å². The molecule has 2 aliphatic rings. The number of aromatic amines is 1. The van der Waals surface area contributed by atoms with Crippen molar-refractivity contribution in [2.24, 2.45) is 0 Å². The Kier molecular flexibility index (Phi) is 6.76. The lowest BCUT2D eigenvalue weighted by Crippen LogP contribution is -2.41. The van der Waals surface area contributed by atoms with Crippen molar-refractivity contribution in [2.45, 2.75) is 45.1 Å². The van der Waals surface area contributed by atoms with Crippen LogP contribution in [0.4, 0.5) is 4.79 Å². The fraction of sp³-hybridized carbons (Fsp3) is 0.481. The van der Waals surface area contributed by atoms with Gasteiger partial charge < -0.3 is 24.3 Å². The third kappa shape index (κ3) is 5.24. The Morgan fingerprint density at radius 1 is 1.03 bits per heavy atom. The van der Waals surface area contributed by atoms with Crippen LogP contribution in [0.1, 0.15) is 55.6 Å². The molecule has 0 radical (unpaired) electrons. The van der Waals surface area contributed by atoms with Gasteiger partial charge in [-0.2, -0.15) is 5.10 Å². The molecule has 2 aromatic heterocycles. The van der Waals surface area contributed by atoms with Gasteiger partial charge in [-0.1, -0.05) is 30.3 Å². The van der Waals surface area contributed by atoms with Crippen molar-refractivity contribution in [3.8, 4) is 11.3 Å². The third-order valence-corrected chi connectivity index (χ3v) is 6.77. The zero-order chi connectivity index (χ0) is 26.2. The smallest absolute Gasteiger partial charge is 0.410 e. The van der Waals surface area contributed by atoms with Gasteiger partial charge in [0.15, 0.2) is 0 Å². The molecule has 37 heavy (non-hydrogen) atoms. The molecule has 196 valence electrons. The Labute approximate surface area is 215 Å². The first-order valence-electron chi connectivity index (χ1n) is 12.8. The zero-order valence-electron chi connectivity index (χ0n) is 21.5. The average Bonchev–Trinajstić information content (AvgIpc) is 3.27. The van der Waals surface area contributed by atoms with Gasteiger partial charge in [0.1, 0.15) is 22.5 Å². The lowest BCUT2D eigenvalue weighted by Gasteiger charge is -2.33. The Morgan fingerprint density at radius 2 is 1.70 bits per heavy atom. The molecule has 10 nitrogen and oxygen atoms in total. The molecule has 1 N–H and O–H groups in total. The van der Waals surface area contributed by atoms with Gasteiger partial charge in [-0.25, -0.2) is 9.31 Å². The number of hydrogen-bond acceptors (Lipinski definition) is 6. The number of carbonyl (C=O) groups is 2. The van der Waals surface area contributed by atoms with E-state index >= 15 is 0 Å². The molecule has 0 spiro atoms. The van der Waals surface area contributed by atoms with Crippen LogP contribution in [0.5, 0.6) is 0 Å². The van der Waals surface area contributed by atoms with Crippen molar-refractivity contribution in [1.29, 1.82) is 0 Å². The summed E-state index contributed by atoms with van der Waals surface area (Å²) in [4.78, 5) is 45.5. The summed E-state index contributed by atoms with van der Waals surface area (Å²) in [5, 5.41) is 4.88. The fourth-order valence-corrected chi connectivity index (χ4v) is 4.97. The normalized spacial score (nSPS) is 17.3. The molecule has 4 heterocycles. The number of nitrogens with one attached hydrogen (secondary N) is 1. The maximum atomic E-state index is 13.7. The van der Waals surface area contributed by atoms with Gasteiger partial charge in [-0.15, -0.1) is 0 Å². The van der Waals surface area contributed by atoms with Gasteiger partial charge >= 0.3 is 6.09 Å². The van der Waals surface area contributed by atoms with E-state index in [0.29, 0.717) is 69.1 Å². The number of piperidine rings is 1. The maximum absolute atomic E-state index is 13.7. The van der Waals surface area contributed by atoms with Crippen molar-refractivity contribution in [3.05, 3.63) is 58.0 Å². The summed E-state index contributed by atoms with van der Waals surface area (Å²) in [6.45, 7) is 8.50. The number of ether oxygens (including phenoxy) is 2. The highest BCUT2D eigenvalue weighted by Gasteiger charge is 2.32. The summed E-state index contributed by atoms with van der Waals surface area (Å²) in [6, 6.07) is 11.1. The van der Waals surface area contributed by atoms with Crippen LogP contribution in [-0.4, -0.2) is 81.4 Å². The molecule has 10 heteroatoms. The van der Waals surface area contributed by atoms with E-state index in [0.717, 1.165) is 11.3 Å². The fourth-order valence-electron chi connectivity index (χ4n) is 4.97. The molecule has 3 aromatic rings. The lowest BCUT2D eigenvalue weighted by atomic mass is 9.93. The Bertz CT molecular complexity index is 1340. The molecular formula is C27H33N5O5. The standard InChI is InChI=1S/C27H33N5O5/c1-27(2,3)37-26(35)31-11-9-18(10-12-31)20-17-21(33)28-24-22(25(34)30-13-15-36-16-14-30)23(29-32(20)24)19-7-5-4-6-8-19/h4-8,17-18H,9-16H2,1-3H3,(H,28,33). The Morgan fingerprint density at radius 3 is 2.35 bits per heavy atom. The molecule has 2 aliphatic heterocycles. The first-order valence-corrected chi connectivity index (χ1v) is 12.8. The number of aromatic nitrogens is 3. The van der Waals surface area contributed by atoms with E-state index in [9.17, 15) is 14.4 Å². The van der Waals surface area contributed by atoms with Crippen LogP contribution in [0.2, 0.25) is 0 Å². The summed E-state index contributed by atoms with van der Waals surface area (Å²) in [5.41, 5.74) is 2.01. The number of hydrogen-bond donors (Lipinski definition) is 1. The molecule has 0 saturated carbocycles. The van der Waals surface area contributed by atoms with Crippen LogP contribution in [0.15, 0.2) is 41.2 Å². The second-order valence-electron chi connectivity index (χ2n) is 10.6. The molecular weight excluding hydrogens is 474 g/mol. The Hall–Kier alpha value is -3.66. The van der Waals surface area contributed by atoms with E-state index in [1.165, 1.54) is 0 Å². The molecule has 0 bridgehead atoms. The van der Waals surface area contributed by atoms with Gasteiger partial charge in [0.25, 0.3) is 11.5 Å². The number of rotatable bonds is 3. The van der Waals surface area contributed by atoms with E-state index in [4.69, 9.17) is 14.6 Å². The number of H-pyrrole nitrogens is 1. The van der Waals surface area contributed by atoms with Gasteiger partial charge in [-0.3, -0.25) is 9.59 Å². The number of carbonyl (C=O) groups excluding carboxylic acids is 2. The van der Waals surface area contributed by atoms with Crippen molar-refractivity contribution < 1.29 is 19.1 Å². The van der Waals surface area contributed by atoms with Crippen LogP contribution >= 0.6 is 0 Å². The van der Waals surface area contributed by atoms with E-state index in [1.807, 2.05) is 51.1 Å². The average molecular weight is 508 g/mol. The first kappa shape index (κ1) is 25.0. The molecule has 2 fully saturated rings. The van der Waals surface area contributed by atoms with Gasteiger partial charge in [-0.05, 0) is 33.6 Å². The molecule has 0 unspecified atom stereocenters. The highest BCUT2D eigenvalue weighted by Crippen LogP contribution is 2.32. The number of fused-ring (bicyclic) bond motifs is 1. The van der Waals surface area contributed by atoms with E-state index in [2.05, 4.69) is 4.98 Å². The second kappa shape index (κ2) is 10.0. The number of morpholine rings is 1. The van der Waals surface area contributed by atoms with E-state index in [-0.39, 0.29) is 23.5 Å². The summed E-state index contributed by atoms with van der Waals surface area (Å²) in [5.74, 6) is -0.178. The number of likely N-dealkylation sites (tertiary alicyclic amines) is 1.